The van der Waals surface area contributed by atoms with Crippen molar-refractivity contribution in [3.8, 4) is 12.8 Å². The minimum atomic E-state index is -0.0750. The lowest BCUT2D eigenvalue weighted by Crippen LogP contribution is -2.16. The molecule has 0 aliphatic heterocycles. The number of rotatable bonds is 4. The summed E-state index contributed by atoms with van der Waals surface area (Å²) >= 11 is 1.77. The Morgan fingerprint density at radius 3 is 2.34 bits per heavy atom. The number of carbonyl (C=O) groups is 1. The van der Waals surface area contributed by atoms with E-state index >= 15 is 0 Å². The van der Waals surface area contributed by atoms with E-state index in [0.29, 0.717) is 17.6 Å². The Kier molecular flexibility index (Phi) is 12.5. The molecule has 3 aromatic rings. The summed E-state index contributed by atoms with van der Waals surface area (Å²) in [7, 11) is 3.63. The summed E-state index contributed by atoms with van der Waals surface area (Å²) in [6, 6.07) is 10.1. The number of benzene rings is 1. The monoisotopic (exact) mass is 414 g/mol. The van der Waals surface area contributed by atoms with E-state index in [-0.39, 0.29) is 5.56 Å². The predicted octanol–water partition coefficient (Wildman–Crippen LogP) is 3.88. The zero-order chi connectivity index (χ0) is 22.4. The molecule has 6 nitrogen and oxygen atoms in total. The number of terminal acetylenes is 1. The molecule has 3 rings (SSSR count). The first-order valence-corrected chi connectivity index (χ1v) is 9.97. The second kappa shape index (κ2) is 14.0. The fraction of sp³-hybridized carbons (Fsp3) is 0.318. The van der Waals surface area contributed by atoms with Crippen LogP contribution in [0.3, 0.4) is 0 Å². The van der Waals surface area contributed by atoms with Gasteiger partial charge in [0.1, 0.15) is 5.82 Å². The number of nitrogens with zero attached hydrogens (tertiary/aromatic N) is 2. The number of aromatic nitrogens is 2. The number of aromatic amines is 1. The molecule has 156 valence electrons. The average Bonchev–Trinajstić information content (AvgIpc) is 3.18. The van der Waals surface area contributed by atoms with Gasteiger partial charge in [0.15, 0.2) is 0 Å². The zero-order valence-corrected chi connectivity index (χ0v) is 18.8. The lowest BCUT2D eigenvalue weighted by atomic mass is 10.1. The normalized spacial score (nSPS) is 8.97. The number of nitrogens with one attached hydrogen (secondary N) is 2. The molecule has 0 bridgehead atoms. The number of amides is 1. The van der Waals surface area contributed by atoms with Crippen LogP contribution in [0.4, 0.5) is 5.00 Å². The number of anilines is 1. The molecule has 1 amide bonds. The fourth-order valence-corrected chi connectivity index (χ4v) is 3.20. The second-order valence-corrected chi connectivity index (χ2v) is 6.92. The molecule has 0 unspecified atom stereocenters. The molecular weight excluding hydrogens is 384 g/mol. The Hall–Kier alpha value is -3.11. The van der Waals surface area contributed by atoms with E-state index in [9.17, 15) is 4.79 Å². The van der Waals surface area contributed by atoms with Gasteiger partial charge < -0.3 is 15.2 Å². The third-order valence-corrected chi connectivity index (χ3v) is 4.64. The molecule has 0 saturated carbocycles. The van der Waals surface area contributed by atoms with Crippen molar-refractivity contribution in [1.29, 1.82) is 0 Å². The van der Waals surface area contributed by atoms with E-state index in [0.717, 1.165) is 17.6 Å². The number of fused-ring (bicyclic) bond motifs is 1. The van der Waals surface area contributed by atoms with Gasteiger partial charge in [-0.15, -0.1) is 24.2 Å². The maximum absolute atomic E-state index is 12.0. The van der Waals surface area contributed by atoms with Gasteiger partial charge in [-0.05, 0) is 43.7 Å². The van der Waals surface area contributed by atoms with Crippen molar-refractivity contribution in [3.05, 3.63) is 57.0 Å². The van der Waals surface area contributed by atoms with Crippen LogP contribution in [0.15, 0.2) is 35.1 Å². The van der Waals surface area contributed by atoms with E-state index in [1.54, 1.807) is 25.3 Å². The zero-order valence-electron chi connectivity index (χ0n) is 17.9. The highest BCUT2D eigenvalue weighted by Crippen LogP contribution is 2.25. The van der Waals surface area contributed by atoms with Crippen LogP contribution in [0.1, 0.15) is 30.1 Å². The molecule has 0 radical (unpaired) electrons. The van der Waals surface area contributed by atoms with Crippen LogP contribution < -0.4 is 15.8 Å². The van der Waals surface area contributed by atoms with Crippen molar-refractivity contribution in [2.45, 2.75) is 34.2 Å². The average molecular weight is 415 g/mol. The number of thiophene rings is 1. The van der Waals surface area contributed by atoms with E-state index < -0.39 is 0 Å². The SMILES string of the molecule is C#C.CC.CNC=O.Cc1nc2ccc(CN(C)c3ccc(C)s3)cc2c(=O)[nH]1. The predicted molar refractivity (Wildman–Crippen MR) is 125 cm³/mol. The molecule has 1 aromatic carbocycles. The lowest BCUT2D eigenvalue weighted by molar-refractivity contribution is -0.109. The van der Waals surface area contributed by atoms with E-state index in [1.165, 1.54) is 9.88 Å². The summed E-state index contributed by atoms with van der Waals surface area (Å²) in [5.41, 5.74) is 1.77. The summed E-state index contributed by atoms with van der Waals surface area (Å²) in [5.74, 6) is 0.645. The van der Waals surface area contributed by atoms with Crippen LogP contribution in [-0.4, -0.2) is 30.5 Å². The summed E-state index contributed by atoms with van der Waals surface area (Å²) in [6.07, 6.45) is 8.62. The number of H-pyrrole nitrogens is 1. The molecule has 0 aliphatic carbocycles. The molecule has 0 spiro atoms. The van der Waals surface area contributed by atoms with E-state index in [4.69, 9.17) is 4.79 Å². The minimum absolute atomic E-state index is 0.0750. The Morgan fingerprint density at radius 2 is 1.83 bits per heavy atom. The molecule has 29 heavy (non-hydrogen) atoms. The van der Waals surface area contributed by atoms with Gasteiger partial charge in [-0.1, -0.05) is 19.9 Å². The smallest absolute Gasteiger partial charge is 0.258 e. The van der Waals surface area contributed by atoms with E-state index in [1.807, 2.05) is 32.0 Å². The minimum Gasteiger partial charge on any atom is -0.362 e. The van der Waals surface area contributed by atoms with Crippen LogP contribution in [0.2, 0.25) is 0 Å². The van der Waals surface area contributed by atoms with Gasteiger partial charge in [-0.25, -0.2) is 4.98 Å². The Labute approximate surface area is 177 Å². The molecule has 0 saturated heterocycles. The van der Waals surface area contributed by atoms with Crippen LogP contribution in [-0.2, 0) is 11.3 Å². The van der Waals surface area contributed by atoms with Crippen molar-refractivity contribution in [2.24, 2.45) is 0 Å². The highest BCUT2D eigenvalue weighted by atomic mass is 32.1. The highest BCUT2D eigenvalue weighted by Gasteiger charge is 2.07. The Balaban J connectivity index is 0.000000859. The summed E-state index contributed by atoms with van der Waals surface area (Å²) < 4.78 is 0. The first kappa shape index (κ1) is 25.9. The molecule has 7 heteroatoms. The Morgan fingerprint density at radius 1 is 1.21 bits per heavy atom. The molecule has 0 atom stereocenters. The first-order chi connectivity index (χ1) is 13.9. The van der Waals surface area contributed by atoms with Crippen molar-refractivity contribution in [1.82, 2.24) is 15.3 Å². The van der Waals surface area contributed by atoms with Crippen molar-refractivity contribution < 1.29 is 4.79 Å². The fourth-order valence-electron chi connectivity index (χ4n) is 2.38. The van der Waals surface area contributed by atoms with Crippen molar-refractivity contribution in [2.75, 3.05) is 19.0 Å². The summed E-state index contributed by atoms with van der Waals surface area (Å²) in [5, 5.41) is 4.12. The quantitative estimate of drug-likeness (QED) is 0.502. The number of hydrogen-bond donors (Lipinski definition) is 2. The van der Waals surface area contributed by atoms with Gasteiger partial charge in [-0.2, -0.15) is 0 Å². The molecule has 2 aromatic heterocycles. The molecule has 2 heterocycles. The van der Waals surface area contributed by atoms with Crippen molar-refractivity contribution in [3.63, 3.8) is 0 Å². The third-order valence-electron chi connectivity index (χ3n) is 3.53. The summed E-state index contributed by atoms with van der Waals surface area (Å²) in [6.45, 7) is 8.66. The largest absolute Gasteiger partial charge is 0.362 e. The standard InChI is InChI=1S/C16H17N3OS.C2H5NO.C2H6.C2H2/c1-10-4-7-15(21-10)19(3)9-12-5-6-14-13(8-12)16(20)18-11(2)17-14;1-3-2-4;2*1-2/h4-8H,9H2,1-3H3,(H,17,18,20);2H,1H3,(H,3,4);1-2H3;1-2H. The lowest BCUT2D eigenvalue weighted by Gasteiger charge is -2.17. The van der Waals surface area contributed by atoms with Gasteiger partial charge >= 0.3 is 0 Å². The maximum Gasteiger partial charge on any atom is 0.258 e. The second-order valence-electron chi connectivity index (χ2n) is 5.65. The van der Waals surface area contributed by atoms with Gasteiger partial charge in [0, 0.05) is 25.5 Å². The van der Waals surface area contributed by atoms with Crippen LogP contribution >= 0.6 is 11.3 Å². The molecule has 2 N–H and O–H groups in total. The van der Waals surface area contributed by atoms with Gasteiger partial charge in [0.05, 0.1) is 15.9 Å². The van der Waals surface area contributed by atoms with Gasteiger partial charge in [0.2, 0.25) is 6.41 Å². The molecule has 0 aliphatic rings. The van der Waals surface area contributed by atoms with Gasteiger partial charge in [-0.3, -0.25) is 9.59 Å². The third kappa shape index (κ3) is 8.20. The molecular formula is C22H30N4O2S. The van der Waals surface area contributed by atoms with Crippen LogP contribution in [0.5, 0.6) is 0 Å². The number of hydrogen-bond acceptors (Lipinski definition) is 5. The van der Waals surface area contributed by atoms with Crippen LogP contribution in [0, 0.1) is 26.7 Å². The van der Waals surface area contributed by atoms with Crippen molar-refractivity contribution >= 4 is 33.7 Å². The maximum atomic E-state index is 12.0. The first-order valence-electron chi connectivity index (χ1n) is 9.16. The highest BCUT2D eigenvalue weighted by molar-refractivity contribution is 7.16. The summed E-state index contributed by atoms with van der Waals surface area (Å²) in [4.78, 5) is 31.7. The number of carbonyl (C=O) groups excluding carboxylic acids is 1. The van der Waals surface area contributed by atoms with Gasteiger partial charge in [0.25, 0.3) is 5.56 Å². The van der Waals surface area contributed by atoms with Crippen LogP contribution in [0.25, 0.3) is 10.9 Å². The molecule has 0 fully saturated rings. The number of aryl methyl sites for hydroxylation is 2. The van der Waals surface area contributed by atoms with E-state index in [2.05, 4.69) is 59.1 Å². The topological polar surface area (TPSA) is 78.1 Å². The Bertz CT molecular complexity index is 960.